The highest BCUT2D eigenvalue weighted by atomic mass is 16.7. The van der Waals surface area contributed by atoms with E-state index in [0.29, 0.717) is 18.0 Å². The number of benzene rings is 1. The summed E-state index contributed by atoms with van der Waals surface area (Å²) in [4.78, 5) is 15.9. The maximum atomic E-state index is 11.6. The molecule has 120 valence electrons. The summed E-state index contributed by atoms with van der Waals surface area (Å²) in [6.45, 7) is 4.41. The van der Waals surface area contributed by atoms with E-state index < -0.39 is 0 Å². The van der Waals surface area contributed by atoms with Crippen molar-refractivity contribution in [1.82, 2.24) is 4.98 Å². The molecule has 2 aromatic rings. The quantitative estimate of drug-likeness (QED) is 0.855. The van der Waals surface area contributed by atoms with Crippen LogP contribution in [0.25, 0.3) is 0 Å². The summed E-state index contributed by atoms with van der Waals surface area (Å²) in [5.41, 5.74) is 1.50. The van der Waals surface area contributed by atoms with Gasteiger partial charge in [-0.25, -0.2) is 9.78 Å². The van der Waals surface area contributed by atoms with Gasteiger partial charge in [-0.15, -0.1) is 0 Å². The fourth-order valence-corrected chi connectivity index (χ4v) is 2.30. The minimum Gasteiger partial charge on any atom is -0.462 e. The average Bonchev–Trinajstić information content (AvgIpc) is 3.03. The van der Waals surface area contributed by atoms with Crippen molar-refractivity contribution in [2.75, 3.05) is 18.7 Å². The zero-order valence-electron chi connectivity index (χ0n) is 13.0. The molecule has 0 spiro atoms. The number of anilines is 1. The molecule has 0 radical (unpaired) electrons. The highest BCUT2D eigenvalue weighted by Gasteiger charge is 2.16. The normalized spacial score (nSPS) is 13.5. The van der Waals surface area contributed by atoms with E-state index in [-0.39, 0.29) is 18.8 Å². The van der Waals surface area contributed by atoms with E-state index >= 15 is 0 Å². The molecule has 0 amide bonds. The summed E-state index contributed by atoms with van der Waals surface area (Å²) in [7, 11) is 0. The van der Waals surface area contributed by atoms with Gasteiger partial charge in [0.1, 0.15) is 5.82 Å². The van der Waals surface area contributed by atoms with Gasteiger partial charge in [0.2, 0.25) is 6.79 Å². The number of fused-ring (bicyclic) bond motifs is 1. The third-order valence-corrected chi connectivity index (χ3v) is 3.54. The van der Waals surface area contributed by atoms with E-state index in [4.69, 9.17) is 14.2 Å². The van der Waals surface area contributed by atoms with Crippen molar-refractivity contribution in [3.8, 4) is 11.5 Å². The second-order valence-electron chi connectivity index (χ2n) is 5.13. The first-order valence-corrected chi connectivity index (χ1v) is 7.46. The summed E-state index contributed by atoms with van der Waals surface area (Å²) in [6, 6.07) is 9.32. The molecule has 3 rings (SSSR count). The Morgan fingerprint density at radius 1 is 1.30 bits per heavy atom. The first-order valence-electron chi connectivity index (χ1n) is 7.46. The van der Waals surface area contributed by atoms with Crippen molar-refractivity contribution in [3.05, 3.63) is 47.7 Å². The molecule has 1 aromatic carbocycles. The zero-order valence-corrected chi connectivity index (χ0v) is 13.0. The molecule has 1 unspecified atom stereocenters. The maximum absolute atomic E-state index is 11.6. The Morgan fingerprint density at radius 3 is 2.87 bits per heavy atom. The number of pyridine rings is 1. The number of hydrogen-bond donors (Lipinski definition) is 1. The number of carbonyl (C=O) groups is 1. The van der Waals surface area contributed by atoms with E-state index in [0.717, 1.165) is 17.1 Å². The number of nitrogens with one attached hydrogen (secondary N) is 1. The first-order chi connectivity index (χ1) is 11.2. The molecule has 1 aromatic heterocycles. The molecule has 2 heterocycles. The van der Waals surface area contributed by atoms with E-state index in [1.807, 2.05) is 25.1 Å². The number of rotatable bonds is 5. The van der Waals surface area contributed by atoms with Crippen LogP contribution in [0.1, 0.15) is 35.8 Å². The van der Waals surface area contributed by atoms with Crippen LogP contribution in [-0.2, 0) is 4.74 Å². The Bertz CT molecular complexity index is 700. The van der Waals surface area contributed by atoms with Gasteiger partial charge < -0.3 is 19.5 Å². The van der Waals surface area contributed by atoms with Gasteiger partial charge in [0.05, 0.1) is 18.2 Å². The van der Waals surface area contributed by atoms with Gasteiger partial charge in [-0.05, 0) is 43.7 Å². The summed E-state index contributed by atoms with van der Waals surface area (Å²) < 4.78 is 15.6. The van der Waals surface area contributed by atoms with E-state index in [1.165, 1.54) is 6.20 Å². The van der Waals surface area contributed by atoms with Gasteiger partial charge in [0, 0.05) is 6.20 Å². The van der Waals surface area contributed by atoms with Gasteiger partial charge in [-0.3, -0.25) is 0 Å². The highest BCUT2D eigenvalue weighted by molar-refractivity contribution is 5.89. The summed E-state index contributed by atoms with van der Waals surface area (Å²) in [5, 5.41) is 3.29. The van der Waals surface area contributed by atoms with Gasteiger partial charge >= 0.3 is 5.97 Å². The summed E-state index contributed by atoms with van der Waals surface area (Å²) >= 11 is 0. The number of hydrogen-bond acceptors (Lipinski definition) is 6. The Balaban J connectivity index is 1.68. The van der Waals surface area contributed by atoms with Crippen LogP contribution in [0.2, 0.25) is 0 Å². The third kappa shape index (κ3) is 3.36. The Kier molecular flexibility index (Phi) is 4.32. The van der Waals surface area contributed by atoms with Crippen molar-refractivity contribution >= 4 is 11.8 Å². The monoisotopic (exact) mass is 314 g/mol. The van der Waals surface area contributed by atoms with Crippen LogP contribution in [-0.4, -0.2) is 24.4 Å². The number of carbonyl (C=O) groups excluding carboxylic acids is 1. The lowest BCUT2D eigenvalue weighted by Gasteiger charge is -2.15. The molecular weight excluding hydrogens is 296 g/mol. The minimum absolute atomic E-state index is 0.0328. The van der Waals surface area contributed by atoms with Crippen LogP contribution in [0.3, 0.4) is 0 Å². The number of esters is 1. The SMILES string of the molecule is CCOC(=O)c1ccc(NC(C)c2ccc3c(c2)OCO3)nc1. The fraction of sp³-hybridized carbons (Fsp3) is 0.294. The summed E-state index contributed by atoms with van der Waals surface area (Å²) in [6.07, 6.45) is 1.51. The van der Waals surface area contributed by atoms with Gasteiger partial charge in [-0.1, -0.05) is 6.07 Å². The molecule has 0 fully saturated rings. The van der Waals surface area contributed by atoms with E-state index in [1.54, 1.807) is 19.1 Å². The molecule has 0 saturated carbocycles. The highest BCUT2D eigenvalue weighted by Crippen LogP contribution is 2.34. The molecule has 0 saturated heterocycles. The topological polar surface area (TPSA) is 69.7 Å². The Morgan fingerprint density at radius 2 is 2.13 bits per heavy atom. The predicted octanol–water partition coefficient (Wildman–Crippen LogP) is 3.16. The molecule has 1 aliphatic heterocycles. The number of nitrogens with zero attached hydrogens (tertiary/aromatic N) is 1. The molecule has 23 heavy (non-hydrogen) atoms. The van der Waals surface area contributed by atoms with E-state index in [2.05, 4.69) is 10.3 Å². The zero-order chi connectivity index (χ0) is 16.2. The molecule has 6 heteroatoms. The third-order valence-electron chi connectivity index (χ3n) is 3.54. The Hall–Kier alpha value is -2.76. The fourth-order valence-electron chi connectivity index (χ4n) is 2.30. The smallest absolute Gasteiger partial charge is 0.339 e. The molecule has 1 N–H and O–H groups in total. The maximum Gasteiger partial charge on any atom is 0.339 e. The lowest BCUT2D eigenvalue weighted by molar-refractivity contribution is 0.0526. The molecule has 1 aliphatic rings. The molecule has 6 nitrogen and oxygen atoms in total. The minimum atomic E-state index is -0.365. The lowest BCUT2D eigenvalue weighted by atomic mass is 10.1. The second-order valence-corrected chi connectivity index (χ2v) is 5.13. The van der Waals surface area contributed by atoms with Crippen LogP contribution in [0, 0.1) is 0 Å². The van der Waals surface area contributed by atoms with Crippen LogP contribution in [0.4, 0.5) is 5.82 Å². The average molecular weight is 314 g/mol. The van der Waals surface area contributed by atoms with Crippen molar-refractivity contribution < 1.29 is 19.0 Å². The van der Waals surface area contributed by atoms with Crippen molar-refractivity contribution in [2.24, 2.45) is 0 Å². The first kappa shape index (κ1) is 15.1. The van der Waals surface area contributed by atoms with Gasteiger partial charge in [-0.2, -0.15) is 0 Å². The molecule has 0 aliphatic carbocycles. The summed E-state index contributed by atoms with van der Waals surface area (Å²) in [5.74, 6) is 1.83. The number of ether oxygens (including phenoxy) is 3. The molecule has 0 bridgehead atoms. The molecule has 1 atom stereocenters. The van der Waals surface area contributed by atoms with Gasteiger partial charge in [0.15, 0.2) is 11.5 Å². The standard InChI is InChI=1S/C17H18N2O4/c1-3-21-17(20)13-5-7-16(18-9-13)19-11(2)12-4-6-14-15(8-12)23-10-22-14/h4-9,11H,3,10H2,1-2H3,(H,18,19). The van der Waals surface area contributed by atoms with Crippen LogP contribution in [0.5, 0.6) is 11.5 Å². The van der Waals surface area contributed by atoms with Crippen molar-refractivity contribution in [3.63, 3.8) is 0 Å². The van der Waals surface area contributed by atoms with E-state index in [9.17, 15) is 4.79 Å². The largest absolute Gasteiger partial charge is 0.462 e. The number of aromatic nitrogens is 1. The van der Waals surface area contributed by atoms with Crippen molar-refractivity contribution in [2.45, 2.75) is 19.9 Å². The second kappa shape index (κ2) is 6.56. The lowest BCUT2D eigenvalue weighted by Crippen LogP contribution is -2.09. The Labute approximate surface area is 134 Å². The van der Waals surface area contributed by atoms with Crippen LogP contribution in [0.15, 0.2) is 36.5 Å². The predicted molar refractivity (Wildman–Crippen MR) is 84.8 cm³/mol. The van der Waals surface area contributed by atoms with Crippen LogP contribution >= 0.6 is 0 Å². The van der Waals surface area contributed by atoms with Crippen molar-refractivity contribution in [1.29, 1.82) is 0 Å². The van der Waals surface area contributed by atoms with Crippen LogP contribution < -0.4 is 14.8 Å². The molecular formula is C17H18N2O4. The van der Waals surface area contributed by atoms with Gasteiger partial charge in [0.25, 0.3) is 0 Å².